The Morgan fingerprint density at radius 1 is 1.06 bits per heavy atom. The third-order valence-electron chi connectivity index (χ3n) is 4.54. The van der Waals surface area contributed by atoms with E-state index in [0.29, 0.717) is 11.0 Å². The fourth-order valence-electron chi connectivity index (χ4n) is 2.68. The topological polar surface area (TPSA) is 120 Å². The number of likely N-dealkylation sites (N-methyl/N-ethyl adjacent to an activating group) is 2. The van der Waals surface area contributed by atoms with Crippen LogP contribution in [0.3, 0.4) is 0 Å². The summed E-state index contributed by atoms with van der Waals surface area (Å²) in [6.07, 6.45) is 0. The number of nitrogens with zero attached hydrogens (tertiary/aromatic N) is 6. The molecule has 3 aromatic rings. The Kier molecular flexibility index (Phi) is 10.2. The van der Waals surface area contributed by atoms with Gasteiger partial charge in [-0.3, -0.25) is 4.18 Å². The molecule has 0 saturated carbocycles. The van der Waals surface area contributed by atoms with Crippen molar-refractivity contribution in [2.75, 3.05) is 52.8 Å². The first-order valence-electron chi connectivity index (χ1n) is 10.5. The molecule has 0 amide bonds. The summed E-state index contributed by atoms with van der Waals surface area (Å²) in [6.45, 7) is 5.28. The molecule has 10 nitrogen and oxygen atoms in total. The van der Waals surface area contributed by atoms with Gasteiger partial charge in [0, 0.05) is 29.3 Å². The van der Waals surface area contributed by atoms with Crippen LogP contribution in [-0.2, 0) is 14.6 Å². The van der Waals surface area contributed by atoms with Crippen molar-refractivity contribution in [1.29, 1.82) is 0 Å². The molecule has 0 bridgehead atoms. The molecule has 1 aromatic heterocycles. The van der Waals surface area contributed by atoms with E-state index >= 15 is 0 Å². The first-order chi connectivity index (χ1) is 16.0. The highest BCUT2D eigenvalue weighted by molar-refractivity contribution is 7.80. The van der Waals surface area contributed by atoms with Gasteiger partial charge in [-0.15, -0.1) is 10.2 Å². The summed E-state index contributed by atoms with van der Waals surface area (Å²) in [7, 11) is 3.04. The molecule has 0 radical (unpaired) electrons. The quantitative estimate of drug-likeness (QED) is 0.184. The number of quaternary nitrogens is 1. The second-order valence-electron chi connectivity index (χ2n) is 8.15. The van der Waals surface area contributed by atoms with E-state index in [1.54, 1.807) is 0 Å². The van der Waals surface area contributed by atoms with Crippen LogP contribution < -0.4 is 4.90 Å². The fraction of sp³-hybridized carbons (Fsp3) is 0.364. The van der Waals surface area contributed by atoms with E-state index in [0.717, 1.165) is 42.5 Å². The molecule has 0 aliphatic rings. The van der Waals surface area contributed by atoms with Crippen LogP contribution in [-0.4, -0.2) is 74.7 Å². The maximum absolute atomic E-state index is 9.22. The molecule has 0 aliphatic carbocycles. The largest absolute Gasteiger partial charge is 0.726 e. The molecule has 0 atom stereocenters. The van der Waals surface area contributed by atoms with E-state index in [-0.39, 0.29) is 0 Å². The summed E-state index contributed by atoms with van der Waals surface area (Å²) >= 11 is 1.25. The first-order valence-corrected chi connectivity index (χ1v) is 12.6. The molecule has 0 fully saturated rings. The molecule has 1 heterocycles. The van der Waals surface area contributed by atoms with Crippen molar-refractivity contribution in [2.45, 2.75) is 6.92 Å². The number of aromatic nitrogens is 2. The van der Waals surface area contributed by atoms with Gasteiger partial charge in [-0.25, -0.2) is 8.42 Å². The van der Waals surface area contributed by atoms with Gasteiger partial charge in [0.25, 0.3) is 0 Å². The minimum absolute atomic E-state index is 0.557. The zero-order valence-corrected chi connectivity index (χ0v) is 21.6. The molecule has 34 heavy (non-hydrogen) atoms. The number of anilines is 1. The van der Waals surface area contributed by atoms with Crippen molar-refractivity contribution < 1.29 is 21.6 Å². The van der Waals surface area contributed by atoms with Gasteiger partial charge in [0.2, 0.25) is 15.5 Å². The Bertz CT molecular complexity index is 1140. The molecule has 3 rings (SSSR count). The monoisotopic (exact) mass is 506 g/mol. The number of hydrogen-bond donors (Lipinski definition) is 0. The average molecular weight is 507 g/mol. The number of azo groups is 1. The van der Waals surface area contributed by atoms with E-state index in [1.807, 2.05) is 42.5 Å². The van der Waals surface area contributed by atoms with Gasteiger partial charge in [0.05, 0.1) is 47.0 Å². The number of hydrogen-bond acceptors (Lipinski definition) is 10. The summed E-state index contributed by atoms with van der Waals surface area (Å²) in [6, 6.07) is 18.1. The molecule has 0 N–H and O–H groups in total. The SMILES string of the molecule is CCN(CC[N+](C)(C)C)c1ccc(N=Nc2nc(-c3ccccc3)ns2)cc1.COS(=O)(=O)[O-]. The van der Waals surface area contributed by atoms with E-state index in [1.165, 1.54) is 17.2 Å². The van der Waals surface area contributed by atoms with Crippen molar-refractivity contribution in [3.05, 3.63) is 54.6 Å². The lowest BCUT2D eigenvalue weighted by Crippen LogP contribution is -2.42. The van der Waals surface area contributed by atoms with Crippen LogP contribution in [0.4, 0.5) is 16.5 Å². The van der Waals surface area contributed by atoms with Crippen LogP contribution in [0.25, 0.3) is 11.4 Å². The Hall–Kier alpha value is -2.77. The molecule has 2 aromatic carbocycles. The predicted molar refractivity (Wildman–Crippen MR) is 133 cm³/mol. The Morgan fingerprint density at radius 2 is 1.68 bits per heavy atom. The standard InChI is InChI=1S/C21H27N6S.CH4O4S/c1-5-26(15-16-27(2,3)4)19-13-11-18(12-14-19)23-24-21-22-20(25-28-21)17-9-7-6-8-10-17;1-5-6(2,3)4/h6-14H,5,15-16H2,1-4H3;1H3,(H,2,3,4)/q+1;/p-1. The van der Waals surface area contributed by atoms with Crippen molar-refractivity contribution >= 4 is 38.4 Å². The highest BCUT2D eigenvalue weighted by atomic mass is 32.3. The summed E-state index contributed by atoms with van der Waals surface area (Å²) in [4.78, 5) is 6.82. The molecular weight excluding hydrogens is 476 g/mol. The second-order valence-corrected chi connectivity index (χ2v) is 10.0. The van der Waals surface area contributed by atoms with Crippen molar-refractivity contribution in [1.82, 2.24) is 9.36 Å². The number of rotatable bonds is 9. The average Bonchev–Trinajstić information content (AvgIpc) is 3.28. The van der Waals surface area contributed by atoms with Gasteiger partial charge >= 0.3 is 0 Å². The fourth-order valence-corrected chi connectivity index (χ4v) is 3.20. The van der Waals surface area contributed by atoms with Gasteiger partial charge in [0.1, 0.15) is 0 Å². The smallest absolute Gasteiger partial charge is 0.249 e. The minimum atomic E-state index is -4.41. The van der Waals surface area contributed by atoms with Crippen LogP contribution in [0.5, 0.6) is 0 Å². The van der Waals surface area contributed by atoms with E-state index < -0.39 is 10.4 Å². The Morgan fingerprint density at radius 3 is 2.21 bits per heavy atom. The zero-order chi connectivity index (χ0) is 25.2. The van der Waals surface area contributed by atoms with Gasteiger partial charge in [0.15, 0.2) is 5.82 Å². The summed E-state index contributed by atoms with van der Waals surface area (Å²) in [5, 5.41) is 9.10. The van der Waals surface area contributed by atoms with Gasteiger partial charge in [-0.05, 0) is 31.2 Å². The lowest BCUT2D eigenvalue weighted by Gasteiger charge is -2.29. The third-order valence-corrected chi connectivity index (χ3v) is 5.55. The highest BCUT2D eigenvalue weighted by Gasteiger charge is 2.11. The second kappa shape index (κ2) is 12.6. The lowest BCUT2D eigenvalue weighted by atomic mass is 10.2. The lowest BCUT2D eigenvalue weighted by molar-refractivity contribution is -0.868. The normalized spacial score (nSPS) is 11.8. The maximum Gasteiger partial charge on any atom is 0.249 e. The number of benzene rings is 2. The summed E-state index contributed by atoms with van der Waals surface area (Å²) in [5.41, 5.74) is 3.00. The van der Waals surface area contributed by atoms with Crippen molar-refractivity contribution in [2.24, 2.45) is 10.2 Å². The highest BCUT2D eigenvalue weighted by Crippen LogP contribution is 2.26. The van der Waals surface area contributed by atoms with Gasteiger partial charge < -0.3 is 13.9 Å². The molecule has 0 saturated heterocycles. The van der Waals surface area contributed by atoms with Crippen LogP contribution in [0, 0.1) is 0 Å². The molecular formula is C22H30N6O4S2. The van der Waals surface area contributed by atoms with Crippen LogP contribution >= 0.6 is 11.5 Å². The van der Waals surface area contributed by atoms with E-state index in [9.17, 15) is 13.0 Å². The maximum atomic E-state index is 9.22. The molecule has 184 valence electrons. The van der Waals surface area contributed by atoms with Gasteiger partial charge in [-0.1, -0.05) is 30.3 Å². The molecule has 12 heteroatoms. The van der Waals surface area contributed by atoms with Crippen LogP contribution in [0.15, 0.2) is 64.8 Å². The zero-order valence-electron chi connectivity index (χ0n) is 20.0. The van der Waals surface area contributed by atoms with E-state index in [2.05, 4.69) is 68.9 Å². The molecule has 0 spiro atoms. The Balaban J connectivity index is 0.000000604. The Labute approximate surface area is 205 Å². The third kappa shape index (κ3) is 10.0. The summed E-state index contributed by atoms with van der Waals surface area (Å²) < 4.78 is 36.3. The minimum Gasteiger partial charge on any atom is -0.726 e. The van der Waals surface area contributed by atoms with E-state index in [4.69, 9.17) is 0 Å². The van der Waals surface area contributed by atoms with Crippen LogP contribution in [0.1, 0.15) is 6.92 Å². The predicted octanol–water partition coefficient (Wildman–Crippen LogP) is 4.25. The van der Waals surface area contributed by atoms with Crippen molar-refractivity contribution in [3.8, 4) is 11.4 Å². The first kappa shape index (κ1) is 27.5. The summed E-state index contributed by atoms with van der Waals surface area (Å²) in [5.74, 6) is 0.686. The van der Waals surface area contributed by atoms with Crippen molar-refractivity contribution in [3.63, 3.8) is 0 Å². The van der Waals surface area contributed by atoms with Crippen LogP contribution in [0.2, 0.25) is 0 Å². The molecule has 0 unspecified atom stereocenters. The molecule has 0 aliphatic heterocycles. The van der Waals surface area contributed by atoms with Gasteiger partial charge in [-0.2, -0.15) is 9.36 Å².